The van der Waals surface area contributed by atoms with E-state index in [0.29, 0.717) is 25.8 Å². The third-order valence-electron chi connectivity index (χ3n) is 3.50. The maximum Gasteiger partial charge on any atom is 0.305 e. The summed E-state index contributed by atoms with van der Waals surface area (Å²) in [5.41, 5.74) is 0. The fourth-order valence-electron chi connectivity index (χ4n) is 2.20. The normalized spacial score (nSPS) is 34.0. The second kappa shape index (κ2) is 8.53. The Balaban J connectivity index is 2.30. The molecule has 0 amide bonds. The van der Waals surface area contributed by atoms with Crippen molar-refractivity contribution in [2.24, 2.45) is 0 Å². The summed E-state index contributed by atoms with van der Waals surface area (Å²) in [7, 11) is 1.35. The number of hydrogen-bond acceptors (Lipinski definition) is 7. The molecule has 5 atom stereocenters. The molecule has 0 aliphatic carbocycles. The maximum absolute atomic E-state index is 10.9. The zero-order valence-corrected chi connectivity index (χ0v) is 12.0. The number of carbonyl (C=O) groups is 1. The summed E-state index contributed by atoms with van der Waals surface area (Å²) in [5.74, 6) is -0.247. The van der Waals surface area contributed by atoms with E-state index in [2.05, 4.69) is 10.1 Å². The van der Waals surface area contributed by atoms with Crippen LogP contribution in [0.2, 0.25) is 0 Å². The van der Waals surface area contributed by atoms with Crippen LogP contribution in [-0.4, -0.2) is 65.6 Å². The second-order valence-electron chi connectivity index (χ2n) is 4.96. The quantitative estimate of drug-likeness (QED) is 0.357. The molecule has 7 heteroatoms. The number of esters is 1. The van der Waals surface area contributed by atoms with Crippen molar-refractivity contribution in [3.8, 4) is 0 Å². The van der Waals surface area contributed by atoms with Gasteiger partial charge < -0.3 is 24.8 Å². The molecule has 118 valence electrons. The monoisotopic (exact) mass is 291 g/mol. The van der Waals surface area contributed by atoms with Crippen LogP contribution in [0.1, 0.15) is 32.6 Å². The highest BCUT2D eigenvalue weighted by molar-refractivity contribution is 5.68. The third kappa shape index (κ3) is 4.68. The summed E-state index contributed by atoms with van der Waals surface area (Å²) in [6, 6.07) is 0. The van der Waals surface area contributed by atoms with Gasteiger partial charge in [0.1, 0.15) is 24.5 Å². The largest absolute Gasteiger partial charge is 0.469 e. The highest BCUT2D eigenvalue weighted by atomic mass is 16.5. The first-order valence-electron chi connectivity index (χ1n) is 7.01. The van der Waals surface area contributed by atoms with Crippen LogP contribution in [0.15, 0.2) is 0 Å². The van der Waals surface area contributed by atoms with Gasteiger partial charge in [0, 0.05) is 6.42 Å². The van der Waals surface area contributed by atoms with Gasteiger partial charge in [0.05, 0.1) is 13.2 Å². The topological polar surface area (TPSA) is 108 Å². The molecule has 0 aromatic carbocycles. The Kier molecular flexibility index (Phi) is 7.39. The van der Waals surface area contributed by atoms with Crippen LogP contribution < -0.4 is 5.32 Å². The van der Waals surface area contributed by atoms with Crippen molar-refractivity contribution in [2.45, 2.75) is 63.3 Å². The molecular weight excluding hydrogens is 266 g/mol. The Hall–Kier alpha value is -0.730. The number of ether oxygens (including phenoxy) is 2. The first kappa shape index (κ1) is 17.3. The summed E-state index contributed by atoms with van der Waals surface area (Å²) in [4.78, 5) is 10.9. The lowest BCUT2D eigenvalue weighted by atomic mass is 9.96. The number of unbranched alkanes of at least 4 members (excludes halogenated alkanes) is 1. The van der Waals surface area contributed by atoms with Gasteiger partial charge >= 0.3 is 5.97 Å². The molecule has 0 radical (unpaired) electrons. The SMILES string of the molecule is CCC1OC(NCCCCC(=O)OC)C(O)C(O)C1O. The number of aliphatic hydroxyl groups excluding tert-OH is 3. The lowest BCUT2D eigenvalue weighted by Gasteiger charge is -2.40. The fourth-order valence-corrected chi connectivity index (χ4v) is 2.20. The van der Waals surface area contributed by atoms with Gasteiger partial charge in [0.15, 0.2) is 0 Å². The van der Waals surface area contributed by atoms with Gasteiger partial charge in [-0.05, 0) is 25.8 Å². The van der Waals surface area contributed by atoms with Gasteiger partial charge in [-0.2, -0.15) is 0 Å². The molecule has 1 aliphatic heterocycles. The van der Waals surface area contributed by atoms with E-state index in [1.165, 1.54) is 7.11 Å². The Morgan fingerprint density at radius 1 is 1.20 bits per heavy atom. The van der Waals surface area contributed by atoms with Gasteiger partial charge in [0.25, 0.3) is 0 Å². The third-order valence-corrected chi connectivity index (χ3v) is 3.50. The van der Waals surface area contributed by atoms with Crippen LogP contribution in [0.3, 0.4) is 0 Å². The minimum absolute atomic E-state index is 0.247. The highest BCUT2D eigenvalue weighted by Gasteiger charge is 2.42. The molecule has 7 nitrogen and oxygen atoms in total. The summed E-state index contributed by atoms with van der Waals surface area (Å²) >= 11 is 0. The lowest BCUT2D eigenvalue weighted by molar-refractivity contribution is -0.229. The number of aliphatic hydroxyl groups is 3. The van der Waals surface area contributed by atoms with Crippen molar-refractivity contribution in [1.82, 2.24) is 5.32 Å². The fraction of sp³-hybridized carbons (Fsp3) is 0.923. The molecule has 1 saturated heterocycles. The van der Waals surface area contributed by atoms with Crippen molar-refractivity contribution in [2.75, 3.05) is 13.7 Å². The maximum atomic E-state index is 10.9. The van der Waals surface area contributed by atoms with Crippen LogP contribution in [0.5, 0.6) is 0 Å². The number of carbonyl (C=O) groups excluding carboxylic acids is 1. The number of methoxy groups -OCH3 is 1. The van der Waals surface area contributed by atoms with Crippen molar-refractivity contribution in [1.29, 1.82) is 0 Å². The van der Waals surface area contributed by atoms with Crippen molar-refractivity contribution >= 4 is 5.97 Å². The van der Waals surface area contributed by atoms with E-state index in [1.807, 2.05) is 6.92 Å². The summed E-state index contributed by atoms with van der Waals surface area (Å²) in [6.07, 6.45) is -2.39. The summed E-state index contributed by atoms with van der Waals surface area (Å²) in [5, 5.41) is 32.3. The van der Waals surface area contributed by atoms with Gasteiger partial charge in [-0.15, -0.1) is 0 Å². The van der Waals surface area contributed by atoms with Crippen LogP contribution in [-0.2, 0) is 14.3 Å². The average Bonchev–Trinajstić information content (AvgIpc) is 2.46. The number of hydrogen-bond donors (Lipinski definition) is 4. The molecule has 20 heavy (non-hydrogen) atoms. The van der Waals surface area contributed by atoms with Crippen LogP contribution in [0.4, 0.5) is 0 Å². The molecule has 1 heterocycles. The Morgan fingerprint density at radius 2 is 1.90 bits per heavy atom. The molecule has 1 rings (SSSR count). The molecule has 5 unspecified atom stereocenters. The summed E-state index contributed by atoms with van der Waals surface area (Å²) in [6.45, 7) is 2.38. The predicted octanol–water partition coefficient (Wildman–Crippen LogP) is -0.863. The Bertz CT molecular complexity index is 299. The van der Waals surface area contributed by atoms with Crippen molar-refractivity contribution < 1.29 is 29.6 Å². The zero-order valence-electron chi connectivity index (χ0n) is 12.0. The molecule has 4 N–H and O–H groups in total. The minimum atomic E-state index is -1.22. The van der Waals surface area contributed by atoms with E-state index in [1.54, 1.807) is 0 Å². The van der Waals surface area contributed by atoms with Crippen LogP contribution in [0.25, 0.3) is 0 Å². The summed E-state index contributed by atoms with van der Waals surface area (Å²) < 4.78 is 10.1. The molecule has 0 aromatic heterocycles. The van der Waals surface area contributed by atoms with Gasteiger partial charge in [-0.1, -0.05) is 6.92 Å². The van der Waals surface area contributed by atoms with E-state index in [-0.39, 0.29) is 5.97 Å². The van der Waals surface area contributed by atoms with E-state index in [4.69, 9.17) is 4.74 Å². The van der Waals surface area contributed by atoms with Gasteiger partial charge in [0.2, 0.25) is 0 Å². The first-order valence-corrected chi connectivity index (χ1v) is 7.01. The van der Waals surface area contributed by atoms with Crippen LogP contribution in [0, 0.1) is 0 Å². The predicted molar refractivity (Wildman–Crippen MR) is 70.8 cm³/mol. The molecule has 1 fully saturated rings. The first-order chi connectivity index (χ1) is 9.51. The Labute approximate surface area is 118 Å². The van der Waals surface area contributed by atoms with E-state index in [9.17, 15) is 20.1 Å². The lowest BCUT2D eigenvalue weighted by Crippen LogP contribution is -2.61. The smallest absolute Gasteiger partial charge is 0.305 e. The van der Waals surface area contributed by atoms with Gasteiger partial charge in [-0.3, -0.25) is 10.1 Å². The number of nitrogens with one attached hydrogen (secondary N) is 1. The zero-order chi connectivity index (χ0) is 15.1. The standard InChI is InChI=1S/C13H25NO6/c1-3-8-10(16)11(17)12(18)13(20-8)14-7-5-4-6-9(15)19-2/h8,10-14,16-18H,3-7H2,1-2H3. The Morgan fingerprint density at radius 3 is 2.50 bits per heavy atom. The van der Waals surface area contributed by atoms with E-state index < -0.39 is 30.6 Å². The van der Waals surface area contributed by atoms with E-state index in [0.717, 1.165) is 6.42 Å². The van der Waals surface area contributed by atoms with Crippen molar-refractivity contribution in [3.63, 3.8) is 0 Å². The van der Waals surface area contributed by atoms with Crippen LogP contribution >= 0.6 is 0 Å². The average molecular weight is 291 g/mol. The molecule has 0 saturated carbocycles. The molecule has 0 spiro atoms. The van der Waals surface area contributed by atoms with Crippen molar-refractivity contribution in [3.05, 3.63) is 0 Å². The van der Waals surface area contributed by atoms with Gasteiger partial charge in [-0.25, -0.2) is 0 Å². The molecule has 0 bridgehead atoms. The number of rotatable bonds is 7. The van der Waals surface area contributed by atoms with E-state index >= 15 is 0 Å². The molecule has 0 aromatic rings. The second-order valence-corrected chi connectivity index (χ2v) is 4.96. The molecular formula is C13H25NO6. The molecule has 1 aliphatic rings. The minimum Gasteiger partial charge on any atom is -0.469 e. The highest BCUT2D eigenvalue weighted by Crippen LogP contribution is 2.21.